The summed E-state index contributed by atoms with van der Waals surface area (Å²) in [6.45, 7) is 4.17. The number of amides is 1. The van der Waals surface area contributed by atoms with Gasteiger partial charge in [0, 0.05) is 32.4 Å². The summed E-state index contributed by atoms with van der Waals surface area (Å²) in [6.07, 6.45) is 2.43. The molecule has 2 aromatic rings. The highest BCUT2D eigenvalue weighted by molar-refractivity contribution is 7.89. The van der Waals surface area contributed by atoms with Gasteiger partial charge >= 0.3 is 0 Å². The molecular formula is C17H21N3O3S. The maximum Gasteiger partial charge on any atom is 0.270 e. The van der Waals surface area contributed by atoms with Crippen molar-refractivity contribution in [2.75, 3.05) is 13.1 Å². The molecule has 1 aliphatic rings. The van der Waals surface area contributed by atoms with Crippen molar-refractivity contribution in [1.82, 2.24) is 14.2 Å². The lowest BCUT2D eigenvalue weighted by atomic mass is 10.2. The molecule has 1 N–H and O–H groups in total. The number of aromatic nitrogens is 1. The second kappa shape index (κ2) is 6.78. The molecule has 1 aromatic carbocycles. The van der Waals surface area contributed by atoms with E-state index in [1.807, 2.05) is 37.3 Å². The molecule has 0 spiro atoms. The van der Waals surface area contributed by atoms with E-state index in [1.54, 1.807) is 15.7 Å². The molecule has 0 unspecified atom stereocenters. The van der Waals surface area contributed by atoms with Crippen LogP contribution in [0.15, 0.2) is 47.5 Å². The fraction of sp³-hybridized carbons (Fsp3) is 0.353. The van der Waals surface area contributed by atoms with Crippen LogP contribution in [0.2, 0.25) is 0 Å². The van der Waals surface area contributed by atoms with Gasteiger partial charge in [0.1, 0.15) is 10.6 Å². The maximum absolute atomic E-state index is 12.5. The summed E-state index contributed by atoms with van der Waals surface area (Å²) in [5.74, 6) is -0.104. The molecule has 24 heavy (non-hydrogen) atoms. The molecule has 0 saturated heterocycles. The molecular weight excluding hydrogens is 326 g/mol. The van der Waals surface area contributed by atoms with Gasteiger partial charge in [-0.25, -0.2) is 13.1 Å². The van der Waals surface area contributed by atoms with Gasteiger partial charge in [0.2, 0.25) is 10.0 Å². The van der Waals surface area contributed by atoms with E-state index in [-0.39, 0.29) is 17.3 Å². The zero-order valence-electron chi connectivity index (χ0n) is 13.6. The topological polar surface area (TPSA) is 71.4 Å². The molecule has 0 atom stereocenters. The minimum atomic E-state index is -3.65. The fourth-order valence-electron chi connectivity index (χ4n) is 2.83. The Labute approximate surface area is 142 Å². The van der Waals surface area contributed by atoms with Crippen molar-refractivity contribution in [3.8, 4) is 0 Å². The zero-order valence-corrected chi connectivity index (χ0v) is 14.4. The lowest BCUT2D eigenvalue weighted by Gasteiger charge is -2.27. The van der Waals surface area contributed by atoms with Crippen molar-refractivity contribution in [3.05, 3.63) is 53.9 Å². The van der Waals surface area contributed by atoms with E-state index in [1.165, 1.54) is 6.07 Å². The summed E-state index contributed by atoms with van der Waals surface area (Å²) in [6, 6.07) is 10.8. The van der Waals surface area contributed by atoms with Gasteiger partial charge < -0.3 is 9.47 Å². The Morgan fingerprint density at radius 1 is 1.17 bits per heavy atom. The minimum Gasteiger partial charge on any atom is -0.340 e. The molecule has 1 amide bonds. The van der Waals surface area contributed by atoms with Gasteiger partial charge in [-0.05, 0) is 18.1 Å². The molecule has 6 nitrogen and oxygen atoms in total. The number of nitrogens with one attached hydrogen (secondary N) is 1. The maximum atomic E-state index is 12.5. The van der Waals surface area contributed by atoms with Crippen LogP contribution in [0.3, 0.4) is 0 Å². The second-order valence-electron chi connectivity index (χ2n) is 5.86. The third-order valence-electron chi connectivity index (χ3n) is 4.10. The largest absolute Gasteiger partial charge is 0.340 e. The standard InChI is InChI=1S/C17H21N3O3S/c1-2-8-19-9-10-20-13-15(11-16(20)17(19)21)24(22,23)18-12-14-6-4-3-5-7-14/h3-7,11,13,18H,2,8-10,12H2,1H3. The first-order valence-electron chi connectivity index (χ1n) is 8.04. The van der Waals surface area contributed by atoms with Crippen molar-refractivity contribution in [2.45, 2.75) is 31.3 Å². The summed E-state index contributed by atoms with van der Waals surface area (Å²) < 4.78 is 29.3. The van der Waals surface area contributed by atoms with E-state index in [9.17, 15) is 13.2 Å². The van der Waals surface area contributed by atoms with Crippen LogP contribution in [0.25, 0.3) is 0 Å². The van der Waals surface area contributed by atoms with Gasteiger partial charge in [0.05, 0.1) is 0 Å². The molecule has 0 bridgehead atoms. The molecule has 0 saturated carbocycles. The highest BCUT2D eigenvalue weighted by atomic mass is 32.2. The third-order valence-corrected chi connectivity index (χ3v) is 5.47. The molecule has 0 fully saturated rings. The Kier molecular flexibility index (Phi) is 4.73. The van der Waals surface area contributed by atoms with E-state index in [0.717, 1.165) is 12.0 Å². The predicted octanol–water partition coefficient (Wildman–Crippen LogP) is 1.83. The summed E-state index contributed by atoms with van der Waals surface area (Å²) in [7, 11) is -3.65. The van der Waals surface area contributed by atoms with Crippen LogP contribution in [0, 0.1) is 0 Å². The number of fused-ring (bicyclic) bond motifs is 1. The average Bonchev–Trinajstić information content (AvgIpc) is 3.03. The number of rotatable bonds is 6. The quantitative estimate of drug-likeness (QED) is 0.867. The van der Waals surface area contributed by atoms with E-state index in [2.05, 4.69) is 4.72 Å². The predicted molar refractivity (Wildman–Crippen MR) is 91.1 cm³/mol. The molecule has 1 aliphatic heterocycles. The normalized spacial score (nSPS) is 14.7. The Morgan fingerprint density at radius 3 is 2.62 bits per heavy atom. The van der Waals surface area contributed by atoms with Crippen LogP contribution in [0.5, 0.6) is 0 Å². The van der Waals surface area contributed by atoms with Gasteiger partial charge in [0.25, 0.3) is 5.91 Å². The van der Waals surface area contributed by atoms with Crippen molar-refractivity contribution in [2.24, 2.45) is 0 Å². The number of carbonyl (C=O) groups is 1. The van der Waals surface area contributed by atoms with Gasteiger partial charge in [-0.15, -0.1) is 0 Å². The Bertz CT molecular complexity index is 828. The number of nitrogens with zero attached hydrogens (tertiary/aromatic N) is 2. The van der Waals surface area contributed by atoms with E-state index < -0.39 is 10.0 Å². The van der Waals surface area contributed by atoms with E-state index in [0.29, 0.717) is 25.3 Å². The Balaban J connectivity index is 1.78. The van der Waals surface area contributed by atoms with Crippen LogP contribution >= 0.6 is 0 Å². The van der Waals surface area contributed by atoms with Gasteiger partial charge in [-0.3, -0.25) is 4.79 Å². The number of hydrogen-bond acceptors (Lipinski definition) is 3. The smallest absolute Gasteiger partial charge is 0.270 e. The summed E-state index contributed by atoms with van der Waals surface area (Å²) in [4.78, 5) is 14.3. The summed E-state index contributed by atoms with van der Waals surface area (Å²) >= 11 is 0. The number of hydrogen-bond donors (Lipinski definition) is 1. The molecule has 0 radical (unpaired) electrons. The fourth-order valence-corrected chi connectivity index (χ4v) is 3.88. The van der Waals surface area contributed by atoms with Crippen molar-refractivity contribution < 1.29 is 13.2 Å². The summed E-state index contributed by atoms with van der Waals surface area (Å²) in [5.41, 5.74) is 1.32. The average molecular weight is 347 g/mol. The highest BCUT2D eigenvalue weighted by Crippen LogP contribution is 2.20. The lowest BCUT2D eigenvalue weighted by Crippen LogP contribution is -2.40. The lowest BCUT2D eigenvalue weighted by molar-refractivity contribution is 0.0705. The van der Waals surface area contributed by atoms with Gasteiger partial charge in [-0.1, -0.05) is 37.3 Å². The van der Waals surface area contributed by atoms with Crippen LogP contribution < -0.4 is 4.72 Å². The minimum absolute atomic E-state index is 0.104. The van der Waals surface area contributed by atoms with Crippen molar-refractivity contribution >= 4 is 15.9 Å². The van der Waals surface area contributed by atoms with Crippen molar-refractivity contribution in [3.63, 3.8) is 0 Å². The monoisotopic (exact) mass is 347 g/mol. The van der Waals surface area contributed by atoms with Crippen LogP contribution in [0.1, 0.15) is 29.4 Å². The Morgan fingerprint density at radius 2 is 1.92 bits per heavy atom. The van der Waals surface area contributed by atoms with Crippen LogP contribution in [-0.4, -0.2) is 36.9 Å². The Hall–Kier alpha value is -2.12. The molecule has 128 valence electrons. The molecule has 0 aliphatic carbocycles. The highest BCUT2D eigenvalue weighted by Gasteiger charge is 2.27. The van der Waals surface area contributed by atoms with Gasteiger partial charge in [0.15, 0.2) is 0 Å². The molecule has 7 heteroatoms. The SMILES string of the molecule is CCCN1CCn2cc(S(=O)(=O)NCc3ccccc3)cc2C1=O. The van der Waals surface area contributed by atoms with Gasteiger partial charge in [-0.2, -0.15) is 0 Å². The number of sulfonamides is 1. The zero-order chi connectivity index (χ0) is 17.2. The molecule has 3 rings (SSSR count). The summed E-state index contributed by atoms with van der Waals surface area (Å²) in [5, 5.41) is 0. The third kappa shape index (κ3) is 3.37. The first-order chi connectivity index (χ1) is 11.5. The number of carbonyl (C=O) groups excluding carboxylic acids is 1. The second-order valence-corrected chi connectivity index (χ2v) is 7.62. The first kappa shape index (κ1) is 16.7. The molecule has 1 aromatic heterocycles. The van der Waals surface area contributed by atoms with E-state index >= 15 is 0 Å². The van der Waals surface area contributed by atoms with Crippen LogP contribution in [-0.2, 0) is 23.1 Å². The van der Waals surface area contributed by atoms with Crippen molar-refractivity contribution in [1.29, 1.82) is 0 Å². The van der Waals surface area contributed by atoms with Crippen LogP contribution in [0.4, 0.5) is 0 Å². The molecule has 2 heterocycles. The number of benzene rings is 1. The van der Waals surface area contributed by atoms with E-state index in [4.69, 9.17) is 0 Å². The first-order valence-corrected chi connectivity index (χ1v) is 9.52.